The Morgan fingerprint density at radius 1 is 1.19 bits per heavy atom. The summed E-state index contributed by atoms with van der Waals surface area (Å²) in [5, 5.41) is 0. The minimum Gasteiger partial charge on any atom is -0.375 e. The highest BCUT2D eigenvalue weighted by atomic mass is 79.9. The van der Waals surface area contributed by atoms with Crippen molar-refractivity contribution in [3.05, 3.63) is 32.7 Å². The van der Waals surface area contributed by atoms with E-state index in [9.17, 15) is 4.79 Å². The van der Waals surface area contributed by atoms with Crippen LogP contribution in [0.5, 0.6) is 0 Å². The van der Waals surface area contributed by atoms with Gasteiger partial charge in [-0.15, -0.1) is 0 Å². The zero-order chi connectivity index (χ0) is 14.9. The molecule has 2 saturated heterocycles. The number of Topliss-reactive ketones (excluding diaryl/α,β-unsaturated/α-hetero) is 1. The van der Waals surface area contributed by atoms with Crippen molar-refractivity contribution in [2.24, 2.45) is 5.92 Å². The molecule has 0 bridgehead atoms. The van der Waals surface area contributed by atoms with Crippen molar-refractivity contribution in [1.82, 2.24) is 0 Å². The number of thioether (sulfide) groups is 1. The average molecular weight is 434 g/mol. The summed E-state index contributed by atoms with van der Waals surface area (Å²) in [4.78, 5) is 12.8. The SMILES string of the molecule is O=C(c1cc(Br)cc(Br)c1)C1CCOC2(CCSCC2)C1. The minimum absolute atomic E-state index is 0.0347. The first-order valence-electron chi connectivity index (χ1n) is 7.30. The molecule has 0 amide bonds. The fraction of sp³-hybridized carbons (Fsp3) is 0.562. The minimum atomic E-state index is -0.0347. The van der Waals surface area contributed by atoms with Gasteiger partial charge < -0.3 is 4.74 Å². The summed E-state index contributed by atoms with van der Waals surface area (Å²) in [5.41, 5.74) is 0.760. The quantitative estimate of drug-likeness (QED) is 0.607. The number of rotatable bonds is 2. The molecule has 114 valence electrons. The average Bonchev–Trinajstić information content (AvgIpc) is 2.46. The van der Waals surface area contributed by atoms with Crippen molar-refractivity contribution in [3.63, 3.8) is 0 Å². The van der Waals surface area contributed by atoms with Crippen molar-refractivity contribution >= 4 is 49.4 Å². The van der Waals surface area contributed by atoms with Crippen LogP contribution in [0.25, 0.3) is 0 Å². The Morgan fingerprint density at radius 3 is 2.52 bits per heavy atom. The summed E-state index contributed by atoms with van der Waals surface area (Å²) < 4.78 is 7.97. The molecule has 2 aliphatic heterocycles. The van der Waals surface area contributed by atoms with Gasteiger partial charge in [-0.2, -0.15) is 11.8 Å². The number of ether oxygens (including phenoxy) is 1. The van der Waals surface area contributed by atoms with Crippen molar-refractivity contribution in [1.29, 1.82) is 0 Å². The van der Waals surface area contributed by atoms with E-state index in [0.29, 0.717) is 0 Å². The van der Waals surface area contributed by atoms with Crippen LogP contribution in [0.1, 0.15) is 36.0 Å². The second-order valence-electron chi connectivity index (χ2n) is 5.86. The molecular weight excluding hydrogens is 416 g/mol. The standard InChI is InChI=1S/C16H18Br2O2S/c17-13-7-12(8-14(18)9-13)15(19)11-1-4-20-16(10-11)2-5-21-6-3-16/h7-9,11H,1-6,10H2. The first kappa shape index (κ1) is 16.0. The van der Waals surface area contributed by atoms with Crippen LogP contribution in [0.3, 0.4) is 0 Å². The monoisotopic (exact) mass is 432 g/mol. The molecule has 0 aliphatic carbocycles. The number of carbonyl (C=O) groups is 1. The predicted octanol–water partition coefficient (Wildman–Crippen LogP) is 5.09. The largest absolute Gasteiger partial charge is 0.375 e. The lowest BCUT2D eigenvalue weighted by Crippen LogP contribution is -2.44. The zero-order valence-electron chi connectivity index (χ0n) is 11.7. The van der Waals surface area contributed by atoms with Gasteiger partial charge in [0.2, 0.25) is 0 Å². The molecule has 0 N–H and O–H groups in total. The predicted molar refractivity (Wildman–Crippen MR) is 94.1 cm³/mol. The summed E-state index contributed by atoms with van der Waals surface area (Å²) in [7, 11) is 0. The third-order valence-electron chi connectivity index (χ3n) is 4.41. The summed E-state index contributed by atoms with van der Waals surface area (Å²) in [6.07, 6.45) is 3.90. The summed E-state index contributed by atoms with van der Waals surface area (Å²) in [5.74, 6) is 2.67. The first-order valence-corrected chi connectivity index (χ1v) is 10.0. The van der Waals surface area contributed by atoms with Crippen LogP contribution in [0.15, 0.2) is 27.1 Å². The van der Waals surface area contributed by atoms with E-state index in [1.54, 1.807) is 0 Å². The maximum Gasteiger partial charge on any atom is 0.166 e. The molecule has 1 unspecified atom stereocenters. The van der Waals surface area contributed by atoms with Gasteiger partial charge >= 0.3 is 0 Å². The molecular formula is C16H18Br2O2S. The Bertz CT molecular complexity index is 515. The van der Waals surface area contributed by atoms with E-state index in [2.05, 4.69) is 31.9 Å². The summed E-state index contributed by atoms with van der Waals surface area (Å²) in [6, 6.07) is 5.80. The highest BCUT2D eigenvalue weighted by molar-refractivity contribution is 9.11. The smallest absolute Gasteiger partial charge is 0.166 e. The lowest BCUT2D eigenvalue weighted by molar-refractivity contribution is -0.0959. The van der Waals surface area contributed by atoms with E-state index in [1.165, 1.54) is 0 Å². The van der Waals surface area contributed by atoms with E-state index < -0.39 is 0 Å². The highest BCUT2D eigenvalue weighted by Crippen LogP contribution is 2.40. The molecule has 1 aromatic rings. The Balaban J connectivity index is 1.77. The fourth-order valence-electron chi connectivity index (χ4n) is 3.28. The molecule has 0 radical (unpaired) electrons. The molecule has 2 heterocycles. The van der Waals surface area contributed by atoms with Crippen LogP contribution < -0.4 is 0 Å². The molecule has 2 fully saturated rings. The van der Waals surface area contributed by atoms with Gasteiger partial charge in [0.05, 0.1) is 5.60 Å². The van der Waals surface area contributed by atoms with Gasteiger partial charge in [0.15, 0.2) is 5.78 Å². The van der Waals surface area contributed by atoms with Crippen LogP contribution >= 0.6 is 43.6 Å². The van der Waals surface area contributed by atoms with Gasteiger partial charge in [-0.1, -0.05) is 31.9 Å². The van der Waals surface area contributed by atoms with Crippen LogP contribution in [-0.2, 0) is 4.74 Å². The van der Waals surface area contributed by atoms with Crippen LogP contribution in [0.2, 0.25) is 0 Å². The maximum atomic E-state index is 12.8. The molecule has 2 nitrogen and oxygen atoms in total. The lowest BCUT2D eigenvalue weighted by atomic mass is 9.79. The van der Waals surface area contributed by atoms with E-state index in [4.69, 9.17) is 4.74 Å². The van der Waals surface area contributed by atoms with Gasteiger partial charge in [0.25, 0.3) is 0 Å². The number of halogens is 2. The third-order valence-corrected chi connectivity index (χ3v) is 6.32. The molecule has 3 rings (SSSR count). The van der Waals surface area contributed by atoms with Crippen LogP contribution in [0.4, 0.5) is 0 Å². The lowest BCUT2D eigenvalue weighted by Gasteiger charge is -2.42. The number of ketones is 1. The Kier molecular flexibility index (Phi) is 5.14. The zero-order valence-corrected chi connectivity index (χ0v) is 15.7. The maximum absolute atomic E-state index is 12.8. The molecule has 1 spiro atoms. The van der Waals surface area contributed by atoms with Gasteiger partial charge in [-0.3, -0.25) is 4.79 Å². The topological polar surface area (TPSA) is 26.3 Å². The van der Waals surface area contributed by atoms with Gasteiger partial charge in [0, 0.05) is 27.0 Å². The van der Waals surface area contributed by atoms with Gasteiger partial charge in [-0.25, -0.2) is 0 Å². The second-order valence-corrected chi connectivity index (χ2v) is 8.91. The Hall–Kier alpha value is 0.160. The fourth-order valence-corrected chi connectivity index (χ4v) is 5.81. The van der Waals surface area contributed by atoms with Gasteiger partial charge in [0.1, 0.15) is 0 Å². The number of carbonyl (C=O) groups excluding carboxylic acids is 1. The molecule has 21 heavy (non-hydrogen) atoms. The first-order chi connectivity index (χ1) is 10.1. The van der Waals surface area contributed by atoms with E-state index >= 15 is 0 Å². The number of hydrogen-bond donors (Lipinski definition) is 0. The van der Waals surface area contributed by atoms with E-state index in [1.807, 2.05) is 30.0 Å². The van der Waals surface area contributed by atoms with E-state index in [-0.39, 0.29) is 17.3 Å². The molecule has 2 aliphatic rings. The van der Waals surface area contributed by atoms with Crippen molar-refractivity contribution in [2.45, 2.75) is 31.3 Å². The Labute approximate surface area is 146 Å². The second kappa shape index (κ2) is 6.73. The normalized spacial score (nSPS) is 25.0. The van der Waals surface area contributed by atoms with Crippen molar-refractivity contribution < 1.29 is 9.53 Å². The molecule has 1 atom stereocenters. The van der Waals surface area contributed by atoms with E-state index in [0.717, 1.165) is 58.3 Å². The van der Waals surface area contributed by atoms with Crippen molar-refractivity contribution in [2.75, 3.05) is 18.1 Å². The van der Waals surface area contributed by atoms with Crippen LogP contribution in [-0.4, -0.2) is 29.5 Å². The highest BCUT2D eigenvalue weighted by Gasteiger charge is 2.41. The summed E-state index contributed by atoms with van der Waals surface area (Å²) >= 11 is 8.93. The van der Waals surface area contributed by atoms with Gasteiger partial charge in [-0.05, 0) is 55.4 Å². The van der Waals surface area contributed by atoms with Crippen LogP contribution in [0, 0.1) is 5.92 Å². The summed E-state index contributed by atoms with van der Waals surface area (Å²) in [6.45, 7) is 0.718. The number of benzene rings is 1. The van der Waals surface area contributed by atoms with Crippen molar-refractivity contribution in [3.8, 4) is 0 Å². The third kappa shape index (κ3) is 3.74. The number of hydrogen-bond acceptors (Lipinski definition) is 3. The molecule has 5 heteroatoms. The molecule has 0 aromatic heterocycles. The Morgan fingerprint density at radius 2 is 1.86 bits per heavy atom. The molecule has 1 aromatic carbocycles. The molecule has 0 saturated carbocycles.